The minimum atomic E-state index is 0.279. The molecule has 0 saturated heterocycles. The summed E-state index contributed by atoms with van der Waals surface area (Å²) < 4.78 is 0. The number of nitriles is 1. The highest BCUT2D eigenvalue weighted by Crippen LogP contribution is 2.26. The lowest BCUT2D eigenvalue weighted by molar-refractivity contribution is 0.744. The maximum Gasteiger partial charge on any atom is 0.137 e. The molecular weight excluding hydrogens is 250 g/mol. The van der Waals surface area contributed by atoms with E-state index in [2.05, 4.69) is 49.0 Å². The molecule has 1 aromatic heterocycles. The van der Waals surface area contributed by atoms with E-state index >= 15 is 0 Å². The highest BCUT2D eigenvalue weighted by Gasteiger charge is 2.16. The zero-order valence-corrected chi connectivity index (χ0v) is 13.2. The Morgan fingerprint density at radius 1 is 1.30 bits per heavy atom. The van der Waals surface area contributed by atoms with E-state index in [1.54, 1.807) is 0 Å². The lowest BCUT2D eigenvalue weighted by atomic mass is 10.2. The Kier molecular flexibility index (Phi) is 6.23. The minimum absolute atomic E-state index is 0.279. The second kappa shape index (κ2) is 7.68. The van der Waals surface area contributed by atoms with Crippen LogP contribution < -0.4 is 10.2 Å². The first-order chi connectivity index (χ1) is 9.54. The molecule has 0 saturated carbocycles. The van der Waals surface area contributed by atoms with E-state index in [4.69, 9.17) is 10.2 Å². The van der Waals surface area contributed by atoms with Crippen LogP contribution in [-0.4, -0.2) is 29.6 Å². The third kappa shape index (κ3) is 3.83. The van der Waals surface area contributed by atoms with Gasteiger partial charge in [-0.2, -0.15) is 5.26 Å². The largest absolute Gasteiger partial charge is 0.370 e. The third-order valence-electron chi connectivity index (χ3n) is 3.17. The van der Waals surface area contributed by atoms with Crippen molar-refractivity contribution in [1.82, 2.24) is 9.97 Å². The molecule has 1 N–H and O–H groups in total. The Morgan fingerprint density at radius 2 is 2.00 bits per heavy atom. The van der Waals surface area contributed by atoms with Gasteiger partial charge in [0.25, 0.3) is 0 Å². The second-order valence-electron chi connectivity index (χ2n) is 5.05. The molecule has 110 valence electrons. The van der Waals surface area contributed by atoms with Crippen molar-refractivity contribution in [3.8, 4) is 6.07 Å². The average molecular weight is 275 g/mol. The van der Waals surface area contributed by atoms with Gasteiger partial charge < -0.3 is 10.2 Å². The Hall–Kier alpha value is -1.83. The molecule has 0 unspecified atom stereocenters. The number of rotatable bonds is 7. The van der Waals surface area contributed by atoms with Crippen molar-refractivity contribution in [3.63, 3.8) is 0 Å². The molecule has 5 heteroatoms. The molecule has 0 aromatic carbocycles. The molecule has 5 nitrogen and oxygen atoms in total. The van der Waals surface area contributed by atoms with Crippen LogP contribution in [0.3, 0.4) is 0 Å². The molecule has 1 aromatic rings. The summed E-state index contributed by atoms with van der Waals surface area (Å²) >= 11 is 0. The molecular formula is C15H25N5. The first kappa shape index (κ1) is 16.2. The van der Waals surface area contributed by atoms with E-state index in [0.29, 0.717) is 13.0 Å². The zero-order chi connectivity index (χ0) is 15.1. The van der Waals surface area contributed by atoms with Crippen molar-refractivity contribution in [2.75, 3.05) is 29.9 Å². The summed E-state index contributed by atoms with van der Waals surface area (Å²) in [5.74, 6) is 2.97. The van der Waals surface area contributed by atoms with E-state index in [0.717, 1.165) is 36.1 Å². The molecule has 0 spiro atoms. The smallest absolute Gasteiger partial charge is 0.137 e. The summed E-state index contributed by atoms with van der Waals surface area (Å²) in [5.41, 5.74) is 1.05. The summed E-state index contributed by atoms with van der Waals surface area (Å²) in [6.45, 7) is 12.7. The van der Waals surface area contributed by atoms with Crippen LogP contribution in [0.5, 0.6) is 0 Å². The molecule has 0 aliphatic heterocycles. The lowest BCUT2D eigenvalue weighted by Gasteiger charge is -2.25. The number of nitrogens with one attached hydrogen (secondary N) is 1. The van der Waals surface area contributed by atoms with Crippen LogP contribution in [0.1, 0.15) is 51.4 Å². The van der Waals surface area contributed by atoms with Gasteiger partial charge in [-0.1, -0.05) is 13.8 Å². The van der Waals surface area contributed by atoms with Crippen molar-refractivity contribution in [1.29, 1.82) is 5.26 Å². The van der Waals surface area contributed by atoms with Crippen LogP contribution in [0.25, 0.3) is 0 Å². The quantitative estimate of drug-likeness (QED) is 0.828. The van der Waals surface area contributed by atoms with Gasteiger partial charge in [0.05, 0.1) is 12.5 Å². The maximum atomic E-state index is 8.79. The van der Waals surface area contributed by atoms with Gasteiger partial charge in [0.15, 0.2) is 0 Å². The molecule has 0 bridgehead atoms. The van der Waals surface area contributed by atoms with Crippen LogP contribution in [0.2, 0.25) is 0 Å². The monoisotopic (exact) mass is 275 g/mol. The van der Waals surface area contributed by atoms with Crippen LogP contribution in [0.15, 0.2) is 0 Å². The molecule has 20 heavy (non-hydrogen) atoms. The van der Waals surface area contributed by atoms with Gasteiger partial charge in [-0.15, -0.1) is 0 Å². The fourth-order valence-electron chi connectivity index (χ4n) is 2.03. The molecule has 0 atom stereocenters. The van der Waals surface area contributed by atoms with E-state index in [-0.39, 0.29) is 5.92 Å². The topological polar surface area (TPSA) is 64.8 Å². The number of hydrogen-bond acceptors (Lipinski definition) is 5. The van der Waals surface area contributed by atoms with Gasteiger partial charge in [-0.3, -0.25) is 0 Å². The SMILES string of the molecule is CCNc1nc(C(C)C)nc(N(CC)CCC#N)c1C. The standard InChI is InChI=1S/C15H25N5/c1-6-17-14-12(5)15(19-13(18-14)11(3)4)20(7-2)10-8-9-16/h11H,6-8,10H2,1-5H3,(H,17,18,19). The first-order valence-electron chi connectivity index (χ1n) is 7.29. The summed E-state index contributed by atoms with van der Waals surface area (Å²) in [6, 6.07) is 2.20. The summed E-state index contributed by atoms with van der Waals surface area (Å²) in [4.78, 5) is 11.5. The van der Waals surface area contributed by atoms with Crippen LogP contribution in [0.4, 0.5) is 11.6 Å². The van der Waals surface area contributed by atoms with Gasteiger partial charge in [0.2, 0.25) is 0 Å². The number of anilines is 2. The van der Waals surface area contributed by atoms with Gasteiger partial charge in [0.1, 0.15) is 17.5 Å². The average Bonchev–Trinajstić information content (AvgIpc) is 2.43. The normalized spacial score (nSPS) is 10.4. The maximum absolute atomic E-state index is 8.79. The highest BCUT2D eigenvalue weighted by molar-refractivity contribution is 5.58. The zero-order valence-electron chi connectivity index (χ0n) is 13.2. The van der Waals surface area contributed by atoms with Crippen LogP contribution in [-0.2, 0) is 0 Å². The Bertz CT molecular complexity index is 476. The predicted octanol–water partition coefficient (Wildman–Crippen LogP) is 3.08. The van der Waals surface area contributed by atoms with Crippen LogP contribution in [0, 0.1) is 18.3 Å². The molecule has 1 rings (SSSR count). The number of aromatic nitrogens is 2. The summed E-state index contributed by atoms with van der Waals surface area (Å²) in [5, 5.41) is 12.1. The van der Waals surface area contributed by atoms with E-state index in [9.17, 15) is 0 Å². The van der Waals surface area contributed by atoms with Gasteiger partial charge in [-0.25, -0.2) is 9.97 Å². The molecule has 0 amide bonds. The van der Waals surface area contributed by atoms with E-state index < -0.39 is 0 Å². The number of hydrogen-bond donors (Lipinski definition) is 1. The van der Waals surface area contributed by atoms with Gasteiger partial charge in [-0.05, 0) is 20.8 Å². The van der Waals surface area contributed by atoms with Crippen LogP contribution >= 0.6 is 0 Å². The van der Waals surface area contributed by atoms with Crippen molar-refractivity contribution < 1.29 is 0 Å². The molecule has 0 aliphatic rings. The van der Waals surface area contributed by atoms with Crippen molar-refractivity contribution >= 4 is 11.6 Å². The van der Waals surface area contributed by atoms with Crippen molar-refractivity contribution in [2.45, 2.75) is 47.0 Å². The van der Waals surface area contributed by atoms with Crippen molar-refractivity contribution in [2.24, 2.45) is 0 Å². The Balaban J connectivity index is 3.24. The molecule has 1 heterocycles. The van der Waals surface area contributed by atoms with E-state index in [1.807, 2.05) is 6.92 Å². The summed E-state index contributed by atoms with van der Waals surface area (Å²) in [6.07, 6.45) is 0.505. The fourth-order valence-corrected chi connectivity index (χ4v) is 2.03. The molecule has 0 radical (unpaired) electrons. The summed E-state index contributed by atoms with van der Waals surface area (Å²) in [7, 11) is 0. The third-order valence-corrected chi connectivity index (χ3v) is 3.17. The number of nitrogens with zero attached hydrogens (tertiary/aromatic N) is 4. The lowest BCUT2D eigenvalue weighted by Crippen LogP contribution is -2.27. The van der Waals surface area contributed by atoms with Crippen molar-refractivity contribution in [3.05, 3.63) is 11.4 Å². The van der Waals surface area contributed by atoms with Gasteiger partial charge >= 0.3 is 0 Å². The Labute approximate surface area is 122 Å². The molecule has 0 fully saturated rings. The minimum Gasteiger partial charge on any atom is -0.370 e. The van der Waals surface area contributed by atoms with Gasteiger partial charge in [0, 0.05) is 31.1 Å². The second-order valence-corrected chi connectivity index (χ2v) is 5.05. The predicted molar refractivity (Wildman–Crippen MR) is 83.1 cm³/mol. The molecule has 0 aliphatic carbocycles. The fraction of sp³-hybridized carbons (Fsp3) is 0.667. The highest BCUT2D eigenvalue weighted by atomic mass is 15.2. The first-order valence-corrected chi connectivity index (χ1v) is 7.29. The van der Waals surface area contributed by atoms with E-state index in [1.165, 1.54) is 0 Å². The Morgan fingerprint density at radius 3 is 2.50 bits per heavy atom.